The van der Waals surface area contributed by atoms with E-state index < -0.39 is 17.0 Å². The van der Waals surface area contributed by atoms with Gasteiger partial charge in [-0.1, -0.05) is 12.2 Å². The van der Waals surface area contributed by atoms with Crippen molar-refractivity contribution in [3.63, 3.8) is 0 Å². The molecule has 2 bridgehead atoms. The van der Waals surface area contributed by atoms with Gasteiger partial charge >= 0.3 is 0 Å². The third kappa shape index (κ3) is 1.98. The molecule has 0 unspecified atom stereocenters. The summed E-state index contributed by atoms with van der Waals surface area (Å²) in [6.07, 6.45) is 8.49. The predicted octanol–water partition coefficient (Wildman–Crippen LogP) is 1.39. The maximum absolute atomic E-state index is 11.6. The SMILES string of the molecule is COCO[C@]12C=C([C@@]3(O)C[C@H]4C=C[C@@H]3C4(OC)OC)CC[C@H]1OC2. The fraction of sp³-hybridized carbons (Fsp3) is 0.778. The summed E-state index contributed by atoms with van der Waals surface area (Å²) in [5, 5.41) is 11.6. The average molecular weight is 338 g/mol. The van der Waals surface area contributed by atoms with Gasteiger partial charge in [-0.25, -0.2) is 0 Å². The smallest absolute Gasteiger partial charge is 0.183 e. The maximum Gasteiger partial charge on any atom is 0.183 e. The van der Waals surface area contributed by atoms with Crippen molar-refractivity contribution in [3.05, 3.63) is 23.8 Å². The predicted molar refractivity (Wildman–Crippen MR) is 85.2 cm³/mol. The van der Waals surface area contributed by atoms with Crippen LogP contribution in [0.25, 0.3) is 0 Å². The first kappa shape index (κ1) is 16.7. The van der Waals surface area contributed by atoms with Crippen LogP contribution in [0.4, 0.5) is 0 Å². The number of methoxy groups -OCH3 is 3. The number of fused-ring (bicyclic) bond motifs is 3. The first-order valence-corrected chi connectivity index (χ1v) is 8.52. The lowest BCUT2D eigenvalue weighted by molar-refractivity contribution is -0.267. The van der Waals surface area contributed by atoms with Gasteiger partial charge in [0.2, 0.25) is 0 Å². The van der Waals surface area contributed by atoms with Crippen molar-refractivity contribution in [1.29, 1.82) is 0 Å². The molecule has 0 amide bonds. The number of hydrogen-bond acceptors (Lipinski definition) is 6. The Morgan fingerprint density at radius 1 is 1.25 bits per heavy atom. The zero-order valence-electron chi connectivity index (χ0n) is 14.5. The molecule has 5 atom stereocenters. The molecule has 6 heteroatoms. The van der Waals surface area contributed by atoms with Crippen LogP contribution in [-0.2, 0) is 23.7 Å². The summed E-state index contributed by atoms with van der Waals surface area (Å²) in [5.74, 6) is -0.939. The molecule has 134 valence electrons. The second kappa shape index (κ2) is 5.62. The Kier molecular flexibility index (Phi) is 3.91. The van der Waals surface area contributed by atoms with Crippen LogP contribution in [0.5, 0.6) is 0 Å². The highest BCUT2D eigenvalue weighted by atomic mass is 16.7. The number of rotatable bonds is 6. The van der Waals surface area contributed by atoms with E-state index in [1.165, 1.54) is 0 Å². The summed E-state index contributed by atoms with van der Waals surface area (Å²) >= 11 is 0. The van der Waals surface area contributed by atoms with Crippen LogP contribution in [0.1, 0.15) is 19.3 Å². The fourth-order valence-corrected chi connectivity index (χ4v) is 5.05. The molecule has 0 aromatic heterocycles. The zero-order valence-corrected chi connectivity index (χ0v) is 14.5. The standard InChI is InChI=1S/C18H26O6/c1-20-11-24-16-8-12(5-7-15(16)23-10-16)17(19)9-13-4-6-14(17)18(13,21-2)22-3/h4,6,8,13-15,19H,5,7,9-11H2,1-3H3/t13-,14+,15-,16+,17+/m1/s1. The summed E-state index contributed by atoms with van der Waals surface area (Å²) in [5.41, 5.74) is -0.434. The van der Waals surface area contributed by atoms with E-state index in [0.717, 1.165) is 18.4 Å². The summed E-state index contributed by atoms with van der Waals surface area (Å²) in [6.45, 7) is 0.721. The Labute approximate surface area is 142 Å². The quantitative estimate of drug-likeness (QED) is 0.583. The number of ether oxygens (including phenoxy) is 5. The van der Waals surface area contributed by atoms with Gasteiger partial charge in [0.15, 0.2) is 5.79 Å². The Balaban J connectivity index is 1.66. The molecule has 1 aliphatic heterocycles. The molecule has 1 saturated heterocycles. The van der Waals surface area contributed by atoms with Crippen LogP contribution in [0.3, 0.4) is 0 Å². The van der Waals surface area contributed by atoms with Gasteiger partial charge in [-0.05, 0) is 30.9 Å². The van der Waals surface area contributed by atoms with E-state index in [2.05, 4.69) is 12.2 Å². The third-order valence-electron chi connectivity index (χ3n) is 6.32. The molecule has 0 aromatic carbocycles. The highest BCUT2D eigenvalue weighted by molar-refractivity contribution is 5.38. The van der Waals surface area contributed by atoms with Gasteiger partial charge in [-0.3, -0.25) is 0 Å². The number of aliphatic hydroxyl groups is 1. The molecule has 0 aromatic rings. The van der Waals surface area contributed by atoms with Crippen LogP contribution in [0, 0.1) is 11.8 Å². The van der Waals surface area contributed by atoms with E-state index in [1.54, 1.807) is 21.3 Å². The Morgan fingerprint density at radius 2 is 2.04 bits per heavy atom. The van der Waals surface area contributed by atoms with Crippen molar-refractivity contribution < 1.29 is 28.8 Å². The lowest BCUT2D eigenvalue weighted by atomic mass is 9.71. The minimum absolute atomic E-state index is 0.0451. The van der Waals surface area contributed by atoms with Gasteiger partial charge in [0.05, 0.1) is 24.2 Å². The molecule has 2 fully saturated rings. The first-order chi connectivity index (χ1) is 11.5. The van der Waals surface area contributed by atoms with E-state index in [9.17, 15) is 5.11 Å². The van der Waals surface area contributed by atoms with E-state index in [4.69, 9.17) is 23.7 Å². The van der Waals surface area contributed by atoms with Crippen LogP contribution in [0.2, 0.25) is 0 Å². The van der Waals surface area contributed by atoms with E-state index in [-0.39, 0.29) is 24.7 Å². The number of hydrogen-bond donors (Lipinski definition) is 1. The van der Waals surface area contributed by atoms with Gasteiger partial charge < -0.3 is 28.8 Å². The topological polar surface area (TPSA) is 66.4 Å². The molecule has 4 rings (SSSR count). The molecule has 6 nitrogen and oxygen atoms in total. The Hall–Kier alpha value is -0.760. The molecule has 24 heavy (non-hydrogen) atoms. The van der Waals surface area contributed by atoms with E-state index >= 15 is 0 Å². The van der Waals surface area contributed by atoms with E-state index in [1.807, 2.05) is 6.08 Å². The van der Waals surface area contributed by atoms with Crippen molar-refractivity contribution >= 4 is 0 Å². The lowest BCUT2D eigenvalue weighted by Gasteiger charge is -2.51. The molecule has 3 aliphatic carbocycles. The van der Waals surface area contributed by atoms with Crippen molar-refractivity contribution in [3.8, 4) is 0 Å². The van der Waals surface area contributed by atoms with Crippen LogP contribution >= 0.6 is 0 Å². The molecule has 0 spiro atoms. The molecule has 1 heterocycles. The lowest BCUT2D eigenvalue weighted by Crippen LogP contribution is -2.61. The zero-order chi connectivity index (χ0) is 17.0. The van der Waals surface area contributed by atoms with Crippen LogP contribution in [0.15, 0.2) is 23.8 Å². The van der Waals surface area contributed by atoms with Crippen molar-refractivity contribution in [1.82, 2.24) is 0 Å². The second-order valence-electron chi connectivity index (χ2n) is 7.24. The normalized spacial score (nSPS) is 45.0. The highest BCUT2D eigenvalue weighted by Gasteiger charge is 2.66. The monoisotopic (exact) mass is 338 g/mol. The van der Waals surface area contributed by atoms with Crippen molar-refractivity contribution in [2.45, 2.75) is 42.4 Å². The molecular weight excluding hydrogens is 312 g/mol. The second-order valence-corrected chi connectivity index (χ2v) is 7.24. The minimum Gasteiger partial charge on any atom is -0.385 e. The molecule has 1 N–H and O–H groups in total. The van der Waals surface area contributed by atoms with Gasteiger partial charge in [-0.15, -0.1) is 0 Å². The highest BCUT2D eigenvalue weighted by Crippen LogP contribution is 2.59. The average Bonchev–Trinajstić information content (AvgIpc) is 3.05. The molecular formula is C18H26O6. The van der Waals surface area contributed by atoms with Gasteiger partial charge in [0, 0.05) is 27.2 Å². The van der Waals surface area contributed by atoms with Gasteiger partial charge in [0.1, 0.15) is 12.4 Å². The van der Waals surface area contributed by atoms with Crippen molar-refractivity contribution in [2.75, 3.05) is 34.7 Å². The van der Waals surface area contributed by atoms with Crippen molar-refractivity contribution in [2.24, 2.45) is 11.8 Å². The Bertz CT molecular complexity index is 568. The van der Waals surface area contributed by atoms with Crippen LogP contribution < -0.4 is 0 Å². The summed E-state index contributed by atoms with van der Waals surface area (Å²) in [7, 11) is 4.91. The molecule has 4 aliphatic rings. The maximum atomic E-state index is 11.6. The van der Waals surface area contributed by atoms with E-state index in [0.29, 0.717) is 13.0 Å². The van der Waals surface area contributed by atoms with Gasteiger partial charge in [0.25, 0.3) is 0 Å². The summed E-state index contributed by atoms with van der Waals surface area (Å²) in [6, 6.07) is 0. The molecule has 1 saturated carbocycles. The molecule has 0 radical (unpaired) electrons. The fourth-order valence-electron chi connectivity index (χ4n) is 5.05. The minimum atomic E-state index is -0.963. The van der Waals surface area contributed by atoms with Crippen LogP contribution in [-0.4, -0.2) is 62.9 Å². The van der Waals surface area contributed by atoms with Gasteiger partial charge in [-0.2, -0.15) is 0 Å². The third-order valence-corrected chi connectivity index (χ3v) is 6.32. The summed E-state index contributed by atoms with van der Waals surface area (Å²) < 4.78 is 28.1. The Morgan fingerprint density at radius 3 is 2.62 bits per heavy atom. The summed E-state index contributed by atoms with van der Waals surface area (Å²) in [4.78, 5) is 0. The largest absolute Gasteiger partial charge is 0.385 e. The first-order valence-electron chi connectivity index (χ1n) is 8.52.